The van der Waals surface area contributed by atoms with Gasteiger partial charge in [-0.2, -0.15) is 0 Å². The average molecular weight is 435 g/mol. The lowest BCUT2D eigenvalue weighted by molar-refractivity contribution is -0.385. The number of nitrogens with zero attached hydrogens (tertiary/aromatic N) is 3. The van der Waals surface area contributed by atoms with E-state index in [9.17, 15) is 29.8 Å². The predicted molar refractivity (Wildman–Crippen MR) is 116 cm³/mol. The highest BCUT2D eigenvalue weighted by molar-refractivity contribution is 6.05. The zero-order valence-corrected chi connectivity index (χ0v) is 17.0. The van der Waals surface area contributed by atoms with Crippen LogP contribution in [-0.4, -0.2) is 26.6 Å². The highest BCUT2D eigenvalue weighted by atomic mass is 16.6. The number of carbonyl (C=O) groups is 2. The first-order valence-corrected chi connectivity index (χ1v) is 9.25. The van der Waals surface area contributed by atoms with E-state index >= 15 is 0 Å². The van der Waals surface area contributed by atoms with Crippen LogP contribution >= 0.6 is 0 Å². The van der Waals surface area contributed by atoms with E-state index in [2.05, 4.69) is 15.6 Å². The maximum absolute atomic E-state index is 12.5. The topological polar surface area (TPSA) is 157 Å². The number of pyridine rings is 1. The summed E-state index contributed by atoms with van der Waals surface area (Å²) in [6, 6.07) is 12.6. The number of hydrogen-bond donors (Lipinski definition) is 2. The Labute approximate surface area is 181 Å². The molecule has 11 heteroatoms. The molecule has 11 nitrogen and oxygen atoms in total. The monoisotopic (exact) mass is 435 g/mol. The summed E-state index contributed by atoms with van der Waals surface area (Å²) in [5, 5.41) is 27.0. The van der Waals surface area contributed by atoms with Gasteiger partial charge in [-0.1, -0.05) is 6.07 Å². The van der Waals surface area contributed by atoms with Gasteiger partial charge in [0.1, 0.15) is 11.6 Å². The van der Waals surface area contributed by atoms with Crippen LogP contribution in [0.2, 0.25) is 0 Å². The van der Waals surface area contributed by atoms with E-state index in [-0.39, 0.29) is 34.1 Å². The molecule has 3 aromatic rings. The van der Waals surface area contributed by atoms with E-state index in [4.69, 9.17) is 0 Å². The number of carbonyl (C=O) groups excluding carboxylic acids is 2. The molecular formula is C21H17N5O6. The molecule has 0 saturated carbocycles. The van der Waals surface area contributed by atoms with Gasteiger partial charge in [-0.3, -0.25) is 29.8 Å². The molecule has 162 valence electrons. The van der Waals surface area contributed by atoms with Gasteiger partial charge in [0.05, 0.1) is 9.85 Å². The normalized spacial score (nSPS) is 10.3. The van der Waals surface area contributed by atoms with E-state index < -0.39 is 21.7 Å². The van der Waals surface area contributed by atoms with Crippen molar-refractivity contribution in [1.82, 2.24) is 4.98 Å². The number of nitro benzene ring substituents is 2. The van der Waals surface area contributed by atoms with Crippen molar-refractivity contribution in [2.45, 2.75) is 13.8 Å². The molecule has 2 aromatic carbocycles. The molecule has 2 amide bonds. The second kappa shape index (κ2) is 9.00. The molecule has 1 heterocycles. The van der Waals surface area contributed by atoms with E-state index in [0.29, 0.717) is 11.1 Å². The van der Waals surface area contributed by atoms with Crippen molar-refractivity contribution in [3.8, 4) is 0 Å². The second-order valence-corrected chi connectivity index (χ2v) is 6.83. The van der Waals surface area contributed by atoms with Gasteiger partial charge < -0.3 is 10.6 Å². The zero-order valence-electron chi connectivity index (χ0n) is 17.0. The Morgan fingerprint density at radius 1 is 0.750 bits per heavy atom. The number of nitro groups is 2. The lowest BCUT2D eigenvalue weighted by atomic mass is 10.1. The zero-order chi connectivity index (χ0) is 23.4. The van der Waals surface area contributed by atoms with Gasteiger partial charge >= 0.3 is 0 Å². The Hall–Kier alpha value is -4.67. The highest BCUT2D eigenvalue weighted by Crippen LogP contribution is 2.21. The number of nitrogens with one attached hydrogen (secondary N) is 2. The summed E-state index contributed by atoms with van der Waals surface area (Å²) in [6.07, 6.45) is 0. The van der Waals surface area contributed by atoms with Crippen molar-refractivity contribution in [2.24, 2.45) is 0 Å². The van der Waals surface area contributed by atoms with E-state index in [0.717, 1.165) is 0 Å². The molecule has 0 atom stereocenters. The summed E-state index contributed by atoms with van der Waals surface area (Å²) in [5.41, 5.74) is 0.929. The first-order valence-electron chi connectivity index (χ1n) is 9.25. The standard InChI is InChI=1S/C21H17N5O6/c1-12-10-14(6-8-16(12)25(29)30)20(27)23-18-4-3-5-19(22-18)24-21(28)15-7-9-17(26(31)32)13(2)11-15/h3-11H,1-2H3,(H2,22,23,24,27,28). The molecule has 1 aromatic heterocycles. The molecule has 3 rings (SSSR count). The third-order valence-electron chi connectivity index (χ3n) is 4.54. The van der Waals surface area contributed by atoms with Crippen LogP contribution in [0.1, 0.15) is 31.8 Å². The van der Waals surface area contributed by atoms with E-state index in [1.165, 1.54) is 62.4 Å². The van der Waals surface area contributed by atoms with Crippen molar-refractivity contribution < 1.29 is 19.4 Å². The van der Waals surface area contributed by atoms with E-state index in [1.807, 2.05) is 0 Å². The second-order valence-electron chi connectivity index (χ2n) is 6.83. The average Bonchev–Trinajstić information content (AvgIpc) is 2.73. The fraction of sp³-hybridized carbons (Fsp3) is 0.0952. The molecule has 0 aliphatic rings. The highest BCUT2D eigenvalue weighted by Gasteiger charge is 2.16. The number of hydrogen-bond acceptors (Lipinski definition) is 7. The summed E-state index contributed by atoms with van der Waals surface area (Å²) in [5.74, 6) is -0.734. The van der Waals surface area contributed by atoms with Crippen molar-refractivity contribution >= 4 is 34.8 Å². The minimum atomic E-state index is -0.531. The molecule has 32 heavy (non-hydrogen) atoms. The fourth-order valence-electron chi connectivity index (χ4n) is 2.95. The maximum Gasteiger partial charge on any atom is 0.272 e. The Balaban J connectivity index is 1.73. The van der Waals surface area contributed by atoms with Crippen LogP contribution in [0, 0.1) is 34.1 Å². The van der Waals surface area contributed by atoms with Gasteiger partial charge in [-0.05, 0) is 50.2 Å². The van der Waals surface area contributed by atoms with Crippen LogP contribution in [0.4, 0.5) is 23.0 Å². The van der Waals surface area contributed by atoms with Crippen molar-refractivity contribution in [2.75, 3.05) is 10.6 Å². The smallest absolute Gasteiger partial charge is 0.272 e. The van der Waals surface area contributed by atoms with Crippen molar-refractivity contribution in [3.63, 3.8) is 0 Å². The number of amides is 2. The van der Waals surface area contributed by atoms with Crippen LogP contribution in [0.3, 0.4) is 0 Å². The van der Waals surface area contributed by atoms with Crippen LogP contribution in [0.25, 0.3) is 0 Å². The number of aryl methyl sites for hydroxylation is 2. The molecule has 2 N–H and O–H groups in total. The molecule has 0 bridgehead atoms. The van der Waals surface area contributed by atoms with Crippen LogP contribution < -0.4 is 10.6 Å². The Morgan fingerprint density at radius 3 is 1.50 bits per heavy atom. The predicted octanol–water partition coefficient (Wildman–Crippen LogP) is 4.02. The van der Waals surface area contributed by atoms with Crippen molar-refractivity contribution in [1.29, 1.82) is 0 Å². The molecule has 0 spiro atoms. The molecule has 0 fully saturated rings. The van der Waals surface area contributed by atoms with Gasteiger partial charge in [-0.15, -0.1) is 0 Å². The van der Waals surface area contributed by atoms with Gasteiger partial charge in [-0.25, -0.2) is 4.98 Å². The molecule has 0 radical (unpaired) electrons. The first kappa shape index (κ1) is 22.0. The fourth-order valence-corrected chi connectivity index (χ4v) is 2.95. The van der Waals surface area contributed by atoms with Crippen LogP contribution in [-0.2, 0) is 0 Å². The summed E-state index contributed by atoms with van der Waals surface area (Å²) in [4.78, 5) is 49.9. The Bertz CT molecular complexity index is 1160. The van der Waals surface area contributed by atoms with Crippen molar-refractivity contribution in [3.05, 3.63) is 97.1 Å². The minimum absolute atomic E-state index is 0.0918. The quantitative estimate of drug-likeness (QED) is 0.437. The molecular weight excluding hydrogens is 418 g/mol. The molecule has 0 unspecified atom stereocenters. The number of aromatic nitrogens is 1. The molecule has 0 aliphatic heterocycles. The largest absolute Gasteiger partial charge is 0.306 e. The Kier molecular flexibility index (Phi) is 6.19. The van der Waals surface area contributed by atoms with E-state index in [1.54, 1.807) is 6.07 Å². The molecule has 0 saturated heterocycles. The SMILES string of the molecule is Cc1cc(C(=O)Nc2cccc(NC(=O)c3ccc([N+](=O)[O-])c(C)c3)n2)ccc1[N+](=O)[O-]. The Morgan fingerprint density at radius 2 is 1.16 bits per heavy atom. The van der Waals surface area contributed by atoms with Gasteiger partial charge in [0, 0.05) is 34.4 Å². The lowest BCUT2D eigenvalue weighted by Crippen LogP contribution is -2.16. The molecule has 0 aliphatic carbocycles. The van der Waals surface area contributed by atoms with Gasteiger partial charge in [0.15, 0.2) is 0 Å². The number of rotatable bonds is 6. The minimum Gasteiger partial charge on any atom is -0.306 e. The third kappa shape index (κ3) is 4.90. The van der Waals surface area contributed by atoms with Crippen LogP contribution in [0.15, 0.2) is 54.6 Å². The summed E-state index contributed by atoms with van der Waals surface area (Å²) >= 11 is 0. The third-order valence-corrected chi connectivity index (χ3v) is 4.54. The first-order chi connectivity index (χ1) is 15.2. The van der Waals surface area contributed by atoms with Crippen LogP contribution in [0.5, 0.6) is 0 Å². The maximum atomic E-state index is 12.5. The van der Waals surface area contributed by atoms with Gasteiger partial charge in [0.2, 0.25) is 0 Å². The summed E-state index contributed by atoms with van der Waals surface area (Å²) in [7, 11) is 0. The van der Waals surface area contributed by atoms with Gasteiger partial charge in [0.25, 0.3) is 23.2 Å². The number of benzene rings is 2. The summed E-state index contributed by atoms with van der Waals surface area (Å²) in [6.45, 7) is 3.06. The summed E-state index contributed by atoms with van der Waals surface area (Å²) < 4.78 is 0. The number of anilines is 2. The lowest BCUT2D eigenvalue weighted by Gasteiger charge is -2.09.